The Morgan fingerprint density at radius 1 is 1.04 bits per heavy atom. The van der Waals surface area contributed by atoms with Crippen molar-refractivity contribution in [3.8, 4) is 0 Å². The van der Waals surface area contributed by atoms with Crippen LogP contribution in [0.4, 0.5) is 0 Å². The van der Waals surface area contributed by atoms with Gasteiger partial charge in [0.05, 0.1) is 0 Å². The highest BCUT2D eigenvalue weighted by Gasteiger charge is 2.39. The van der Waals surface area contributed by atoms with Crippen LogP contribution < -0.4 is 4.98 Å². The zero-order valence-electron chi connectivity index (χ0n) is 16.3. The zero-order valence-corrected chi connectivity index (χ0v) is 17.3. The standard InChI is InChI=1S/C21H33NSi/c1-14-11-17-16(19(14)23(7,8)22-20(2,3)4)10-9-15-12-21(5,6)13-18(15)17/h9-10,22H,11-13H2,1-8H3. The summed E-state index contributed by atoms with van der Waals surface area (Å²) in [6.45, 7) is 19.0. The van der Waals surface area contributed by atoms with Gasteiger partial charge in [-0.05, 0) is 79.8 Å². The fourth-order valence-electron chi connectivity index (χ4n) is 5.07. The molecule has 1 N–H and O–H groups in total. The molecule has 0 radical (unpaired) electrons. The molecule has 126 valence electrons. The molecular weight excluding hydrogens is 294 g/mol. The summed E-state index contributed by atoms with van der Waals surface area (Å²) in [6.07, 6.45) is 3.66. The fraction of sp³-hybridized carbons (Fsp3) is 0.619. The monoisotopic (exact) mass is 327 g/mol. The minimum absolute atomic E-state index is 0.171. The number of allylic oxidation sites excluding steroid dienone is 1. The predicted octanol–water partition coefficient (Wildman–Crippen LogP) is 5.27. The lowest BCUT2D eigenvalue weighted by Crippen LogP contribution is -2.55. The molecule has 1 aromatic rings. The van der Waals surface area contributed by atoms with Gasteiger partial charge in [-0.1, -0.05) is 44.6 Å². The molecule has 0 aromatic heterocycles. The number of benzene rings is 1. The summed E-state index contributed by atoms with van der Waals surface area (Å²) in [5.74, 6) is 0. The Labute approximate surface area is 143 Å². The van der Waals surface area contributed by atoms with Gasteiger partial charge in [-0.25, -0.2) is 0 Å². The third-order valence-electron chi connectivity index (χ3n) is 5.30. The van der Waals surface area contributed by atoms with E-state index in [1.54, 1.807) is 33.0 Å². The minimum atomic E-state index is -1.66. The summed E-state index contributed by atoms with van der Waals surface area (Å²) in [7, 11) is -1.66. The summed E-state index contributed by atoms with van der Waals surface area (Å²) >= 11 is 0. The third kappa shape index (κ3) is 3.08. The SMILES string of the molecule is CC1=C([Si](C)(C)NC(C)(C)C)c2ccc3c(c2C1)CC(C)(C)C3. The molecule has 23 heavy (non-hydrogen) atoms. The second-order valence-electron chi connectivity index (χ2n) is 10.1. The van der Waals surface area contributed by atoms with E-state index in [4.69, 9.17) is 0 Å². The molecule has 1 aromatic carbocycles. The molecule has 0 fully saturated rings. The number of fused-ring (bicyclic) bond motifs is 3. The van der Waals surface area contributed by atoms with Crippen LogP contribution in [0.3, 0.4) is 0 Å². The molecule has 3 rings (SSSR count). The van der Waals surface area contributed by atoms with Gasteiger partial charge in [-0.2, -0.15) is 0 Å². The third-order valence-corrected chi connectivity index (χ3v) is 8.62. The predicted molar refractivity (Wildman–Crippen MR) is 104 cm³/mol. The molecule has 2 heteroatoms. The molecule has 0 saturated heterocycles. The lowest BCUT2D eigenvalue weighted by Gasteiger charge is -2.35. The van der Waals surface area contributed by atoms with Crippen molar-refractivity contribution in [2.75, 3.05) is 0 Å². The van der Waals surface area contributed by atoms with Gasteiger partial charge in [-0.3, -0.25) is 0 Å². The Balaban J connectivity index is 2.04. The second-order valence-corrected chi connectivity index (χ2v) is 14.1. The van der Waals surface area contributed by atoms with Crippen molar-refractivity contribution >= 4 is 13.4 Å². The van der Waals surface area contributed by atoms with E-state index in [9.17, 15) is 0 Å². The van der Waals surface area contributed by atoms with E-state index in [0.717, 1.165) is 0 Å². The molecule has 0 unspecified atom stereocenters. The Kier molecular flexibility index (Phi) is 3.74. The van der Waals surface area contributed by atoms with Gasteiger partial charge in [0, 0.05) is 5.54 Å². The van der Waals surface area contributed by atoms with Crippen LogP contribution in [0.1, 0.15) is 63.8 Å². The van der Waals surface area contributed by atoms with Crippen LogP contribution in [0.5, 0.6) is 0 Å². The van der Waals surface area contributed by atoms with Crippen molar-refractivity contribution in [3.05, 3.63) is 40.0 Å². The largest absolute Gasteiger partial charge is 0.329 e. The van der Waals surface area contributed by atoms with Gasteiger partial charge in [-0.15, -0.1) is 0 Å². The zero-order chi connectivity index (χ0) is 17.2. The number of hydrogen-bond acceptors (Lipinski definition) is 1. The van der Waals surface area contributed by atoms with Gasteiger partial charge in [0.15, 0.2) is 8.24 Å². The van der Waals surface area contributed by atoms with Crippen LogP contribution in [0.15, 0.2) is 17.7 Å². The maximum atomic E-state index is 3.97. The number of hydrogen-bond donors (Lipinski definition) is 1. The molecule has 0 heterocycles. The lowest BCUT2D eigenvalue weighted by atomic mass is 9.89. The number of rotatable bonds is 2. The van der Waals surface area contributed by atoms with Crippen molar-refractivity contribution in [3.63, 3.8) is 0 Å². The molecule has 1 nitrogen and oxygen atoms in total. The molecule has 0 amide bonds. The molecule has 0 spiro atoms. The topological polar surface area (TPSA) is 12.0 Å². The average Bonchev–Trinajstić information content (AvgIpc) is 2.80. The van der Waals surface area contributed by atoms with E-state index in [1.807, 2.05) is 0 Å². The molecule has 0 atom stereocenters. The van der Waals surface area contributed by atoms with Crippen LogP contribution in [0.2, 0.25) is 13.1 Å². The van der Waals surface area contributed by atoms with Crippen molar-refractivity contribution < 1.29 is 0 Å². The second kappa shape index (κ2) is 5.06. The van der Waals surface area contributed by atoms with Crippen LogP contribution >= 0.6 is 0 Å². The van der Waals surface area contributed by atoms with Crippen LogP contribution in [-0.2, 0) is 19.3 Å². The Morgan fingerprint density at radius 2 is 1.70 bits per heavy atom. The summed E-state index contributed by atoms with van der Waals surface area (Å²) in [5, 5.41) is 1.66. The van der Waals surface area contributed by atoms with E-state index in [0.29, 0.717) is 5.41 Å². The van der Waals surface area contributed by atoms with Gasteiger partial charge < -0.3 is 4.98 Å². The van der Waals surface area contributed by atoms with Gasteiger partial charge in [0.25, 0.3) is 0 Å². The Bertz CT molecular complexity index is 687. The van der Waals surface area contributed by atoms with Gasteiger partial charge in [0.1, 0.15) is 0 Å². The maximum Gasteiger partial charge on any atom is 0.152 e. The Hall–Kier alpha value is -0.863. The molecule has 0 saturated carbocycles. The van der Waals surface area contributed by atoms with E-state index in [2.05, 4.69) is 71.8 Å². The first-order chi connectivity index (χ1) is 10.4. The maximum absolute atomic E-state index is 3.97. The average molecular weight is 328 g/mol. The molecule has 0 bridgehead atoms. The lowest BCUT2D eigenvalue weighted by molar-refractivity contribution is 0.392. The minimum Gasteiger partial charge on any atom is -0.329 e. The van der Waals surface area contributed by atoms with Crippen LogP contribution in [-0.4, -0.2) is 13.8 Å². The summed E-state index contributed by atoms with van der Waals surface area (Å²) in [6, 6.07) is 4.85. The summed E-state index contributed by atoms with van der Waals surface area (Å²) in [5.41, 5.74) is 8.69. The van der Waals surface area contributed by atoms with Crippen molar-refractivity contribution in [2.24, 2.45) is 5.41 Å². The van der Waals surface area contributed by atoms with E-state index in [1.165, 1.54) is 19.3 Å². The molecule has 0 aliphatic heterocycles. The van der Waals surface area contributed by atoms with Gasteiger partial charge >= 0.3 is 0 Å². The number of nitrogens with one attached hydrogen (secondary N) is 1. The highest BCUT2D eigenvalue weighted by Crippen LogP contribution is 2.46. The smallest absolute Gasteiger partial charge is 0.152 e. The molecule has 2 aliphatic rings. The summed E-state index contributed by atoms with van der Waals surface area (Å²) < 4.78 is 0. The highest BCUT2D eigenvalue weighted by molar-refractivity contribution is 6.93. The first-order valence-corrected chi connectivity index (χ1v) is 12.0. The van der Waals surface area contributed by atoms with Crippen LogP contribution in [0, 0.1) is 5.41 Å². The van der Waals surface area contributed by atoms with Crippen LogP contribution in [0.25, 0.3) is 5.20 Å². The fourth-order valence-corrected chi connectivity index (χ4v) is 9.14. The highest BCUT2D eigenvalue weighted by atomic mass is 28.3. The first-order valence-electron chi connectivity index (χ1n) is 9.03. The Morgan fingerprint density at radius 3 is 2.30 bits per heavy atom. The van der Waals surface area contributed by atoms with Gasteiger partial charge in [0.2, 0.25) is 0 Å². The summed E-state index contributed by atoms with van der Waals surface area (Å²) in [4.78, 5) is 3.97. The van der Waals surface area contributed by atoms with E-state index < -0.39 is 8.24 Å². The molecule has 2 aliphatic carbocycles. The molecular formula is C21H33NSi. The quantitative estimate of drug-likeness (QED) is 0.729. The van der Waals surface area contributed by atoms with E-state index in [-0.39, 0.29) is 5.54 Å². The van der Waals surface area contributed by atoms with Crippen molar-refractivity contribution in [1.29, 1.82) is 0 Å². The van der Waals surface area contributed by atoms with Crippen molar-refractivity contribution in [1.82, 2.24) is 4.98 Å². The van der Waals surface area contributed by atoms with Crippen molar-refractivity contribution in [2.45, 2.75) is 79.4 Å². The first kappa shape index (κ1) is 17.0. The van der Waals surface area contributed by atoms with E-state index >= 15 is 0 Å². The normalized spacial score (nSPS) is 20.0.